The molecule has 0 spiro atoms. The average molecular weight is 288 g/mol. The second-order valence-electron chi connectivity index (χ2n) is 4.45. The van der Waals surface area contributed by atoms with E-state index in [4.69, 9.17) is 9.29 Å². The third kappa shape index (κ3) is 4.81. The maximum Gasteiger partial charge on any atom is 0.298 e. The van der Waals surface area contributed by atoms with Crippen LogP contribution in [-0.2, 0) is 10.1 Å². The number of aliphatic hydroxyl groups is 1. The Labute approximate surface area is 114 Å². The zero-order valence-corrected chi connectivity index (χ0v) is 12.0. The van der Waals surface area contributed by atoms with Gasteiger partial charge in [0.05, 0.1) is 0 Å². The fourth-order valence-corrected chi connectivity index (χ4v) is 2.44. The fraction of sp³-hybridized carbons (Fsp3) is 0.538. The van der Waals surface area contributed by atoms with Gasteiger partial charge in [0, 0.05) is 6.42 Å². The standard InChI is InChI=1S/C13H20O5S/c1-3-4-5-9-12(14)18-13-10(2)7-6-8-11(13)19(15,16)17/h6-8,12,14H,3-5,9H2,1-2H3,(H,15,16,17). The van der Waals surface area contributed by atoms with Crippen LogP contribution < -0.4 is 4.74 Å². The van der Waals surface area contributed by atoms with Gasteiger partial charge in [0.1, 0.15) is 10.6 Å². The number of ether oxygens (including phenoxy) is 1. The molecular formula is C13H20O5S. The summed E-state index contributed by atoms with van der Waals surface area (Å²) in [7, 11) is -4.36. The lowest BCUT2D eigenvalue weighted by Gasteiger charge is -2.17. The van der Waals surface area contributed by atoms with Crippen molar-refractivity contribution in [3.63, 3.8) is 0 Å². The van der Waals surface area contributed by atoms with Crippen LogP contribution in [0.4, 0.5) is 0 Å². The van der Waals surface area contributed by atoms with Gasteiger partial charge in [-0.2, -0.15) is 8.42 Å². The van der Waals surface area contributed by atoms with Crippen molar-refractivity contribution in [3.05, 3.63) is 23.8 Å². The van der Waals surface area contributed by atoms with Gasteiger partial charge in [0.15, 0.2) is 6.29 Å². The van der Waals surface area contributed by atoms with E-state index in [1.807, 2.05) is 6.92 Å². The molecule has 1 atom stereocenters. The third-order valence-corrected chi connectivity index (χ3v) is 3.64. The number of hydrogen-bond donors (Lipinski definition) is 2. The highest BCUT2D eigenvalue weighted by molar-refractivity contribution is 7.86. The Morgan fingerprint density at radius 2 is 2.00 bits per heavy atom. The van der Waals surface area contributed by atoms with E-state index in [9.17, 15) is 13.5 Å². The summed E-state index contributed by atoms with van der Waals surface area (Å²) in [6.07, 6.45) is 2.14. The van der Waals surface area contributed by atoms with Gasteiger partial charge < -0.3 is 9.84 Å². The maximum absolute atomic E-state index is 11.2. The van der Waals surface area contributed by atoms with E-state index in [0.717, 1.165) is 19.3 Å². The number of aliphatic hydroxyl groups excluding tert-OH is 1. The minimum atomic E-state index is -4.36. The molecule has 0 amide bonds. The Kier molecular flexibility index (Phi) is 5.78. The van der Waals surface area contributed by atoms with Crippen molar-refractivity contribution >= 4 is 10.1 Å². The first-order valence-electron chi connectivity index (χ1n) is 6.28. The average Bonchev–Trinajstić information content (AvgIpc) is 2.30. The summed E-state index contributed by atoms with van der Waals surface area (Å²) in [6, 6.07) is 4.41. The molecule has 2 N–H and O–H groups in total. The first kappa shape index (κ1) is 15.9. The molecule has 0 aliphatic rings. The number of aryl methyl sites for hydroxylation is 1. The van der Waals surface area contributed by atoms with Gasteiger partial charge >= 0.3 is 0 Å². The van der Waals surface area contributed by atoms with Crippen LogP contribution in [0.15, 0.2) is 23.1 Å². The van der Waals surface area contributed by atoms with Gasteiger partial charge in [0.25, 0.3) is 10.1 Å². The molecule has 19 heavy (non-hydrogen) atoms. The van der Waals surface area contributed by atoms with E-state index in [-0.39, 0.29) is 10.6 Å². The van der Waals surface area contributed by atoms with Crippen LogP contribution in [-0.4, -0.2) is 24.4 Å². The van der Waals surface area contributed by atoms with Gasteiger partial charge in [-0.1, -0.05) is 31.9 Å². The van der Waals surface area contributed by atoms with Crippen molar-refractivity contribution in [1.29, 1.82) is 0 Å². The van der Waals surface area contributed by atoms with Crippen LogP contribution in [0.2, 0.25) is 0 Å². The number of hydrogen-bond acceptors (Lipinski definition) is 4. The zero-order chi connectivity index (χ0) is 14.5. The minimum Gasteiger partial charge on any atom is -0.463 e. The normalized spacial score (nSPS) is 13.3. The highest BCUT2D eigenvalue weighted by Crippen LogP contribution is 2.28. The van der Waals surface area contributed by atoms with E-state index in [1.165, 1.54) is 12.1 Å². The molecule has 0 aliphatic carbocycles. The minimum absolute atomic E-state index is 0.00833. The molecule has 0 fully saturated rings. The molecule has 1 aromatic carbocycles. The van der Waals surface area contributed by atoms with Crippen LogP contribution in [0.25, 0.3) is 0 Å². The second-order valence-corrected chi connectivity index (χ2v) is 5.84. The molecule has 0 saturated carbocycles. The molecule has 0 heterocycles. The van der Waals surface area contributed by atoms with E-state index in [2.05, 4.69) is 0 Å². The van der Waals surface area contributed by atoms with Crippen LogP contribution in [0.3, 0.4) is 0 Å². The summed E-state index contributed by atoms with van der Waals surface area (Å²) in [4.78, 5) is -0.318. The Bertz CT molecular complexity index is 510. The number of unbranched alkanes of at least 4 members (excludes halogenated alkanes) is 2. The first-order valence-corrected chi connectivity index (χ1v) is 7.72. The quantitative estimate of drug-likeness (QED) is 0.457. The first-order chi connectivity index (χ1) is 8.86. The molecule has 0 bridgehead atoms. The van der Waals surface area contributed by atoms with Crippen molar-refractivity contribution in [1.82, 2.24) is 0 Å². The van der Waals surface area contributed by atoms with E-state index < -0.39 is 16.4 Å². The Balaban J connectivity index is 2.88. The van der Waals surface area contributed by atoms with Crippen LogP contribution >= 0.6 is 0 Å². The fourth-order valence-electron chi connectivity index (χ4n) is 1.74. The summed E-state index contributed by atoms with van der Waals surface area (Å²) in [6.45, 7) is 3.70. The van der Waals surface area contributed by atoms with Crippen molar-refractivity contribution in [3.8, 4) is 5.75 Å². The smallest absolute Gasteiger partial charge is 0.298 e. The van der Waals surface area contributed by atoms with Crippen molar-refractivity contribution in [2.45, 2.75) is 50.7 Å². The predicted octanol–water partition coefficient (Wildman–Crippen LogP) is 2.52. The molecule has 0 radical (unpaired) electrons. The van der Waals surface area contributed by atoms with Crippen molar-refractivity contribution < 1.29 is 22.8 Å². The summed E-state index contributed by atoms with van der Waals surface area (Å²) in [5.41, 5.74) is 0.546. The van der Waals surface area contributed by atoms with Gasteiger partial charge in [0.2, 0.25) is 0 Å². The van der Waals surface area contributed by atoms with Gasteiger partial charge in [-0.25, -0.2) is 0 Å². The van der Waals surface area contributed by atoms with Crippen molar-refractivity contribution in [2.75, 3.05) is 0 Å². The van der Waals surface area contributed by atoms with Gasteiger partial charge in [-0.15, -0.1) is 0 Å². The molecule has 6 heteroatoms. The highest BCUT2D eigenvalue weighted by Gasteiger charge is 2.20. The zero-order valence-electron chi connectivity index (χ0n) is 11.2. The second kappa shape index (κ2) is 6.88. The molecule has 108 valence electrons. The molecular weight excluding hydrogens is 268 g/mol. The molecule has 0 aromatic heterocycles. The lowest BCUT2D eigenvalue weighted by atomic mass is 10.2. The molecule has 1 rings (SSSR count). The van der Waals surface area contributed by atoms with Gasteiger partial charge in [-0.05, 0) is 25.0 Å². The monoisotopic (exact) mass is 288 g/mol. The molecule has 1 aromatic rings. The molecule has 0 aliphatic heterocycles. The van der Waals surface area contributed by atoms with Crippen LogP contribution in [0.5, 0.6) is 5.75 Å². The van der Waals surface area contributed by atoms with E-state index >= 15 is 0 Å². The Hall–Kier alpha value is -1.11. The van der Waals surface area contributed by atoms with E-state index in [0.29, 0.717) is 12.0 Å². The molecule has 5 nitrogen and oxygen atoms in total. The van der Waals surface area contributed by atoms with Crippen molar-refractivity contribution in [2.24, 2.45) is 0 Å². The number of benzene rings is 1. The highest BCUT2D eigenvalue weighted by atomic mass is 32.2. The lowest BCUT2D eigenvalue weighted by Crippen LogP contribution is -2.17. The molecule has 0 saturated heterocycles. The van der Waals surface area contributed by atoms with Crippen LogP contribution in [0.1, 0.15) is 38.2 Å². The summed E-state index contributed by atoms with van der Waals surface area (Å²) < 4.78 is 36.9. The van der Waals surface area contributed by atoms with Crippen LogP contribution in [0, 0.1) is 6.92 Å². The van der Waals surface area contributed by atoms with Gasteiger partial charge in [-0.3, -0.25) is 4.55 Å². The Morgan fingerprint density at radius 1 is 1.32 bits per heavy atom. The summed E-state index contributed by atoms with van der Waals surface area (Å²) >= 11 is 0. The summed E-state index contributed by atoms with van der Waals surface area (Å²) in [5.74, 6) is 0.00833. The maximum atomic E-state index is 11.2. The Morgan fingerprint density at radius 3 is 2.58 bits per heavy atom. The lowest BCUT2D eigenvalue weighted by molar-refractivity contribution is -0.0270. The number of rotatable bonds is 7. The van der Waals surface area contributed by atoms with E-state index in [1.54, 1.807) is 13.0 Å². The third-order valence-electron chi connectivity index (χ3n) is 2.76. The predicted molar refractivity (Wildman–Crippen MR) is 71.8 cm³/mol. The topological polar surface area (TPSA) is 83.8 Å². The summed E-state index contributed by atoms with van der Waals surface area (Å²) in [5, 5.41) is 9.75. The number of para-hydroxylation sites is 1. The largest absolute Gasteiger partial charge is 0.463 e. The molecule has 1 unspecified atom stereocenters. The SMILES string of the molecule is CCCCCC(O)Oc1c(C)cccc1S(=O)(=O)O.